The maximum absolute atomic E-state index is 12.5. The van der Waals surface area contributed by atoms with Gasteiger partial charge in [-0.3, -0.25) is 4.79 Å². The van der Waals surface area contributed by atoms with E-state index in [1.807, 2.05) is 6.07 Å². The Balaban J connectivity index is 2.15. The van der Waals surface area contributed by atoms with E-state index in [4.69, 9.17) is 4.74 Å². The van der Waals surface area contributed by atoms with Crippen LogP contribution in [0.4, 0.5) is 0 Å². The molecule has 0 amide bonds. The van der Waals surface area contributed by atoms with Gasteiger partial charge in [0.2, 0.25) is 9.84 Å². The minimum atomic E-state index is -3.94. The van der Waals surface area contributed by atoms with Gasteiger partial charge in [-0.1, -0.05) is 48.5 Å². The molecule has 0 saturated heterocycles. The molecule has 0 aromatic heterocycles. The minimum Gasteiger partial charge on any atom is -0.422 e. The van der Waals surface area contributed by atoms with Crippen LogP contribution in [-0.4, -0.2) is 17.1 Å². The maximum atomic E-state index is 12.5. The van der Waals surface area contributed by atoms with E-state index in [1.54, 1.807) is 42.5 Å². The number of alkyl halides is 2. The number of halogens is 2. The molecule has 0 atom stereocenters. The standard InChI is InChI=1S/C15H12Br2O4S/c16-15(17,22(19,20)13-9-5-2-6-10-13)21-14(18)11-12-7-3-1-4-8-12/h1-10H,11H2. The van der Waals surface area contributed by atoms with Crippen molar-refractivity contribution in [3.63, 3.8) is 0 Å². The summed E-state index contributed by atoms with van der Waals surface area (Å²) in [6.45, 7) is 0. The number of esters is 1. The van der Waals surface area contributed by atoms with Gasteiger partial charge in [-0.05, 0) is 49.6 Å². The molecule has 22 heavy (non-hydrogen) atoms. The van der Waals surface area contributed by atoms with Crippen LogP contribution >= 0.6 is 31.9 Å². The summed E-state index contributed by atoms with van der Waals surface area (Å²) in [4.78, 5) is 12.0. The normalized spacial score (nSPS) is 11.9. The molecular formula is C15H12Br2O4S. The molecular weight excluding hydrogens is 436 g/mol. The third kappa shape index (κ3) is 3.97. The van der Waals surface area contributed by atoms with E-state index >= 15 is 0 Å². The second-order valence-electron chi connectivity index (χ2n) is 4.42. The Bertz CT molecular complexity index is 744. The van der Waals surface area contributed by atoms with Crippen LogP contribution in [0.1, 0.15) is 5.56 Å². The molecule has 0 aliphatic heterocycles. The quantitative estimate of drug-likeness (QED) is 0.518. The first-order valence-electron chi connectivity index (χ1n) is 6.26. The first kappa shape index (κ1) is 17.2. The van der Waals surface area contributed by atoms with Gasteiger partial charge in [0.25, 0.3) is 0 Å². The summed E-state index contributed by atoms with van der Waals surface area (Å²) in [5.74, 6) is -0.667. The molecule has 4 nitrogen and oxygen atoms in total. The average molecular weight is 448 g/mol. The highest BCUT2D eigenvalue weighted by atomic mass is 79.9. The number of benzene rings is 2. The Morgan fingerprint density at radius 1 is 0.955 bits per heavy atom. The number of hydrogen-bond donors (Lipinski definition) is 0. The van der Waals surface area contributed by atoms with Crippen molar-refractivity contribution in [1.82, 2.24) is 0 Å². The van der Waals surface area contributed by atoms with Crippen molar-refractivity contribution >= 4 is 47.7 Å². The molecule has 2 aromatic carbocycles. The summed E-state index contributed by atoms with van der Waals surface area (Å²) in [5.41, 5.74) is 0.736. The van der Waals surface area contributed by atoms with Gasteiger partial charge in [-0.25, -0.2) is 8.42 Å². The van der Waals surface area contributed by atoms with Crippen LogP contribution in [0.2, 0.25) is 0 Å². The van der Waals surface area contributed by atoms with Crippen LogP contribution in [0.15, 0.2) is 65.6 Å². The zero-order chi connectivity index (χ0) is 16.2. The number of rotatable bonds is 5. The van der Waals surface area contributed by atoms with Crippen molar-refractivity contribution in [2.75, 3.05) is 0 Å². The molecule has 0 unspecified atom stereocenters. The molecule has 0 bridgehead atoms. The zero-order valence-electron chi connectivity index (χ0n) is 11.3. The van der Waals surface area contributed by atoms with Gasteiger partial charge in [0.1, 0.15) is 0 Å². The van der Waals surface area contributed by atoms with E-state index in [-0.39, 0.29) is 11.3 Å². The molecule has 0 N–H and O–H groups in total. The fourth-order valence-corrected chi connectivity index (χ4v) is 4.20. The van der Waals surface area contributed by atoms with Gasteiger partial charge in [0.05, 0.1) is 11.3 Å². The van der Waals surface area contributed by atoms with Crippen molar-refractivity contribution in [3.05, 3.63) is 66.2 Å². The predicted molar refractivity (Wildman–Crippen MR) is 90.5 cm³/mol. The Kier molecular flexibility index (Phi) is 5.41. The van der Waals surface area contributed by atoms with E-state index in [0.717, 1.165) is 5.56 Å². The molecule has 116 valence electrons. The SMILES string of the molecule is O=C(Cc1ccccc1)OC(Br)(Br)S(=O)(=O)c1ccccc1. The molecule has 2 rings (SSSR count). The number of hydrogen-bond acceptors (Lipinski definition) is 4. The van der Waals surface area contributed by atoms with Gasteiger partial charge in [0, 0.05) is 0 Å². The first-order chi connectivity index (χ1) is 10.3. The maximum Gasteiger partial charge on any atom is 0.325 e. The fourth-order valence-electron chi connectivity index (χ4n) is 1.72. The second kappa shape index (κ2) is 6.93. The zero-order valence-corrected chi connectivity index (χ0v) is 15.3. The lowest BCUT2D eigenvalue weighted by Gasteiger charge is -2.21. The lowest BCUT2D eigenvalue weighted by atomic mass is 10.2. The molecule has 7 heteroatoms. The van der Waals surface area contributed by atoms with Crippen LogP contribution in [0.3, 0.4) is 0 Å². The molecule has 2 aromatic rings. The van der Waals surface area contributed by atoms with E-state index in [9.17, 15) is 13.2 Å². The van der Waals surface area contributed by atoms with Crippen molar-refractivity contribution < 1.29 is 17.9 Å². The average Bonchev–Trinajstić information content (AvgIpc) is 2.48. The summed E-state index contributed by atoms with van der Waals surface area (Å²) < 4.78 is 28.0. The van der Waals surface area contributed by atoms with Gasteiger partial charge < -0.3 is 4.74 Å². The minimum absolute atomic E-state index is 0.0237. The van der Waals surface area contributed by atoms with Gasteiger partial charge in [-0.2, -0.15) is 0 Å². The Hall–Kier alpha value is -1.18. The number of ether oxygens (including phenoxy) is 1. The van der Waals surface area contributed by atoms with Crippen molar-refractivity contribution in [2.45, 2.75) is 14.1 Å². The van der Waals surface area contributed by atoms with Crippen LogP contribution in [0, 0.1) is 0 Å². The summed E-state index contributed by atoms with van der Waals surface area (Å²) in [6.07, 6.45) is -0.0237. The highest BCUT2D eigenvalue weighted by Crippen LogP contribution is 2.39. The summed E-state index contributed by atoms with van der Waals surface area (Å²) in [6, 6.07) is 16.7. The molecule has 0 spiro atoms. The second-order valence-corrected chi connectivity index (χ2v) is 10.8. The molecule has 0 radical (unpaired) electrons. The van der Waals surface area contributed by atoms with Crippen LogP contribution in [0.5, 0.6) is 0 Å². The largest absolute Gasteiger partial charge is 0.422 e. The van der Waals surface area contributed by atoms with Gasteiger partial charge in [-0.15, -0.1) is 0 Å². The van der Waals surface area contributed by atoms with E-state index < -0.39 is 18.6 Å². The monoisotopic (exact) mass is 446 g/mol. The first-order valence-corrected chi connectivity index (χ1v) is 9.33. The Morgan fingerprint density at radius 3 is 2.00 bits per heavy atom. The van der Waals surface area contributed by atoms with Crippen LogP contribution < -0.4 is 0 Å². The summed E-state index contributed by atoms with van der Waals surface area (Å²) in [7, 11) is -3.94. The van der Waals surface area contributed by atoms with E-state index in [2.05, 4.69) is 31.9 Å². The topological polar surface area (TPSA) is 60.4 Å². The smallest absolute Gasteiger partial charge is 0.325 e. The summed E-state index contributed by atoms with van der Waals surface area (Å²) in [5, 5.41) is 0. The lowest BCUT2D eigenvalue weighted by molar-refractivity contribution is -0.142. The molecule has 0 heterocycles. The Morgan fingerprint density at radius 2 is 1.45 bits per heavy atom. The Labute approximate surface area is 145 Å². The van der Waals surface area contributed by atoms with E-state index in [1.165, 1.54) is 12.1 Å². The molecule has 0 aliphatic carbocycles. The predicted octanol–water partition coefficient (Wildman–Crippen LogP) is 3.65. The lowest BCUT2D eigenvalue weighted by Crippen LogP contribution is -2.32. The van der Waals surface area contributed by atoms with Crippen molar-refractivity contribution in [2.24, 2.45) is 0 Å². The molecule has 0 saturated carbocycles. The number of sulfone groups is 1. The number of carbonyl (C=O) groups is 1. The van der Waals surface area contributed by atoms with E-state index in [0.29, 0.717) is 0 Å². The van der Waals surface area contributed by atoms with Crippen molar-refractivity contribution in [3.8, 4) is 0 Å². The highest BCUT2D eigenvalue weighted by molar-refractivity contribution is 9.27. The van der Waals surface area contributed by atoms with Crippen molar-refractivity contribution in [1.29, 1.82) is 0 Å². The molecule has 0 aliphatic rings. The third-order valence-electron chi connectivity index (χ3n) is 2.79. The fraction of sp³-hybridized carbons (Fsp3) is 0.133. The number of carbonyl (C=O) groups excluding carboxylic acids is 1. The molecule has 0 fully saturated rings. The van der Waals surface area contributed by atoms with Gasteiger partial charge in [0.15, 0.2) is 0 Å². The van der Waals surface area contributed by atoms with Crippen LogP contribution in [-0.2, 0) is 25.8 Å². The summed E-state index contributed by atoms with van der Waals surface area (Å²) >= 11 is 5.88. The third-order valence-corrected chi connectivity index (χ3v) is 7.27. The van der Waals surface area contributed by atoms with Crippen LogP contribution in [0.25, 0.3) is 0 Å². The highest BCUT2D eigenvalue weighted by Gasteiger charge is 2.44. The van der Waals surface area contributed by atoms with Gasteiger partial charge >= 0.3 is 8.72 Å².